The van der Waals surface area contributed by atoms with Crippen LogP contribution in [-0.2, 0) is 4.79 Å². The highest BCUT2D eigenvalue weighted by Crippen LogP contribution is 2.22. The Bertz CT molecular complexity index is 850. The zero-order valence-corrected chi connectivity index (χ0v) is 13.3. The number of hydrogen-bond acceptors (Lipinski definition) is 5. The summed E-state index contributed by atoms with van der Waals surface area (Å²) in [4.78, 5) is 37.5. The van der Waals surface area contributed by atoms with Gasteiger partial charge in [0, 0.05) is 24.4 Å². The van der Waals surface area contributed by atoms with Gasteiger partial charge in [-0.15, -0.1) is 0 Å². The molecular weight excluding hydrogens is 312 g/mol. The highest BCUT2D eigenvalue weighted by molar-refractivity contribution is 5.97. The smallest absolute Gasteiger partial charge is 0.349 e. The van der Waals surface area contributed by atoms with E-state index >= 15 is 0 Å². The van der Waals surface area contributed by atoms with Gasteiger partial charge in [-0.1, -0.05) is 0 Å². The lowest BCUT2D eigenvalue weighted by Gasteiger charge is -2.30. The SMILES string of the molecule is COc1ccc2oc(=O)c(C(=O)N3CCC(C(N)=O)CC3)cc2c1. The molecule has 0 aliphatic carbocycles. The van der Waals surface area contributed by atoms with Crippen LogP contribution in [0, 0.1) is 5.92 Å². The molecule has 0 atom stereocenters. The number of ether oxygens (including phenoxy) is 1. The fourth-order valence-electron chi connectivity index (χ4n) is 2.92. The lowest BCUT2D eigenvalue weighted by Crippen LogP contribution is -2.42. The van der Waals surface area contributed by atoms with Crippen LogP contribution in [0.25, 0.3) is 11.0 Å². The van der Waals surface area contributed by atoms with Crippen LogP contribution in [0.15, 0.2) is 33.5 Å². The molecule has 2 heterocycles. The summed E-state index contributed by atoms with van der Waals surface area (Å²) in [5.41, 5.74) is 5.00. The van der Waals surface area contributed by atoms with E-state index in [0.29, 0.717) is 42.6 Å². The number of piperidine rings is 1. The van der Waals surface area contributed by atoms with Crippen LogP contribution in [0.3, 0.4) is 0 Å². The summed E-state index contributed by atoms with van der Waals surface area (Å²) >= 11 is 0. The molecule has 1 fully saturated rings. The van der Waals surface area contributed by atoms with Gasteiger partial charge in [0.25, 0.3) is 5.91 Å². The maximum absolute atomic E-state index is 12.6. The maximum Gasteiger partial charge on any atom is 0.349 e. The molecule has 2 aromatic rings. The number of carbonyl (C=O) groups excluding carboxylic acids is 2. The minimum absolute atomic E-state index is 0.0201. The van der Waals surface area contributed by atoms with Crippen LogP contribution in [0.5, 0.6) is 5.75 Å². The molecular formula is C17H18N2O5. The van der Waals surface area contributed by atoms with Crippen molar-refractivity contribution in [1.82, 2.24) is 4.90 Å². The molecule has 0 spiro atoms. The predicted molar refractivity (Wildman–Crippen MR) is 86.9 cm³/mol. The van der Waals surface area contributed by atoms with E-state index in [4.69, 9.17) is 14.9 Å². The number of methoxy groups -OCH3 is 1. The zero-order valence-electron chi connectivity index (χ0n) is 13.3. The standard InChI is InChI=1S/C17H18N2O5/c1-23-12-2-3-14-11(8-12)9-13(17(22)24-14)16(21)19-6-4-10(5-7-19)15(18)20/h2-3,8-10H,4-7H2,1H3,(H2,18,20). The van der Waals surface area contributed by atoms with Crippen molar-refractivity contribution in [2.75, 3.05) is 20.2 Å². The summed E-state index contributed by atoms with van der Waals surface area (Å²) in [5.74, 6) is -0.348. The molecule has 126 valence electrons. The van der Waals surface area contributed by atoms with Gasteiger partial charge in [-0.3, -0.25) is 9.59 Å². The molecule has 2 amide bonds. The van der Waals surface area contributed by atoms with Crippen molar-refractivity contribution in [2.45, 2.75) is 12.8 Å². The largest absolute Gasteiger partial charge is 0.497 e. The topological polar surface area (TPSA) is 103 Å². The lowest BCUT2D eigenvalue weighted by atomic mass is 9.96. The average Bonchev–Trinajstić information content (AvgIpc) is 2.60. The van der Waals surface area contributed by atoms with Crippen molar-refractivity contribution in [3.8, 4) is 5.75 Å². The fraction of sp³-hybridized carbons (Fsp3) is 0.353. The number of carbonyl (C=O) groups is 2. The normalized spacial score (nSPS) is 15.5. The Labute approximate surface area is 138 Å². The van der Waals surface area contributed by atoms with Crippen LogP contribution in [-0.4, -0.2) is 36.9 Å². The van der Waals surface area contributed by atoms with Gasteiger partial charge < -0.3 is 19.8 Å². The summed E-state index contributed by atoms with van der Waals surface area (Å²) in [6.45, 7) is 0.782. The molecule has 3 rings (SSSR count). The molecule has 1 aromatic carbocycles. The van der Waals surface area contributed by atoms with E-state index < -0.39 is 11.5 Å². The molecule has 7 heteroatoms. The van der Waals surface area contributed by atoms with Gasteiger partial charge in [0.05, 0.1) is 7.11 Å². The monoisotopic (exact) mass is 330 g/mol. The number of primary amides is 1. The van der Waals surface area contributed by atoms with Crippen LogP contribution < -0.4 is 16.1 Å². The van der Waals surface area contributed by atoms with Crippen molar-refractivity contribution in [3.63, 3.8) is 0 Å². The summed E-state index contributed by atoms with van der Waals surface area (Å²) in [6, 6.07) is 6.53. The fourth-order valence-corrected chi connectivity index (χ4v) is 2.92. The van der Waals surface area contributed by atoms with E-state index in [-0.39, 0.29) is 17.4 Å². The molecule has 2 N–H and O–H groups in total. The van der Waals surface area contributed by atoms with Crippen molar-refractivity contribution in [2.24, 2.45) is 11.7 Å². The van der Waals surface area contributed by atoms with Crippen LogP contribution in [0.2, 0.25) is 0 Å². The van der Waals surface area contributed by atoms with Gasteiger partial charge in [0.15, 0.2) is 0 Å². The Morgan fingerprint density at radius 1 is 1.25 bits per heavy atom. The highest BCUT2D eigenvalue weighted by Gasteiger charge is 2.28. The summed E-state index contributed by atoms with van der Waals surface area (Å²) in [5, 5.41) is 0.615. The molecule has 1 aromatic heterocycles. The lowest BCUT2D eigenvalue weighted by molar-refractivity contribution is -0.123. The summed E-state index contributed by atoms with van der Waals surface area (Å²) in [7, 11) is 1.54. The Morgan fingerprint density at radius 2 is 1.96 bits per heavy atom. The molecule has 0 saturated carbocycles. The van der Waals surface area contributed by atoms with Crippen molar-refractivity contribution in [1.29, 1.82) is 0 Å². The first-order valence-corrected chi connectivity index (χ1v) is 7.70. The molecule has 24 heavy (non-hydrogen) atoms. The molecule has 0 bridgehead atoms. The highest BCUT2D eigenvalue weighted by atomic mass is 16.5. The number of hydrogen-bond donors (Lipinski definition) is 1. The first kappa shape index (κ1) is 16.0. The minimum Gasteiger partial charge on any atom is -0.497 e. The van der Waals surface area contributed by atoms with E-state index in [2.05, 4.69) is 0 Å². The van der Waals surface area contributed by atoms with Crippen molar-refractivity contribution >= 4 is 22.8 Å². The molecule has 1 aliphatic rings. The Morgan fingerprint density at radius 3 is 2.58 bits per heavy atom. The molecule has 1 aliphatic heterocycles. The number of fused-ring (bicyclic) bond motifs is 1. The zero-order chi connectivity index (χ0) is 17.3. The van der Waals surface area contributed by atoms with E-state index in [1.165, 1.54) is 13.2 Å². The minimum atomic E-state index is -0.672. The summed E-state index contributed by atoms with van der Waals surface area (Å²) in [6.07, 6.45) is 1.02. The van der Waals surface area contributed by atoms with E-state index in [0.717, 1.165) is 0 Å². The third-order valence-electron chi connectivity index (χ3n) is 4.35. The third-order valence-corrected chi connectivity index (χ3v) is 4.35. The van der Waals surface area contributed by atoms with Crippen LogP contribution in [0.1, 0.15) is 23.2 Å². The van der Waals surface area contributed by atoms with Crippen LogP contribution >= 0.6 is 0 Å². The van der Waals surface area contributed by atoms with E-state index in [1.54, 1.807) is 23.1 Å². The number of benzene rings is 1. The molecule has 0 radical (unpaired) electrons. The number of rotatable bonds is 3. The van der Waals surface area contributed by atoms with Gasteiger partial charge >= 0.3 is 5.63 Å². The van der Waals surface area contributed by atoms with Gasteiger partial charge in [-0.2, -0.15) is 0 Å². The maximum atomic E-state index is 12.6. The number of nitrogens with zero attached hydrogens (tertiary/aromatic N) is 1. The van der Waals surface area contributed by atoms with E-state index in [1.807, 2.05) is 0 Å². The molecule has 7 nitrogen and oxygen atoms in total. The Balaban J connectivity index is 1.88. The Kier molecular flexibility index (Phi) is 4.24. The van der Waals surface area contributed by atoms with Crippen LogP contribution in [0.4, 0.5) is 0 Å². The average molecular weight is 330 g/mol. The molecule has 0 unspecified atom stereocenters. The first-order valence-electron chi connectivity index (χ1n) is 7.70. The quantitative estimate of drug-likeness (QED) is 0.850. The second-order valence-electron chi connectivity index (χ2n) is 5.82. The second kappa shape index (κ2) is 6.35. The number of likely N-dealkylation sites (tertiary alicyclic amines) is 1. The van der Waals surface area contributed by atoms with Gasteiger partial charge in [0.2, 0.25) is 5.91 Å². The number of nitrogens with two attached hydrogens (primary N) is 1. The van der Waals surface area contributed by atoms with Crippen molar-refractivity contribution in [3.05, 3.63) is 40.2 Å². The number of amides is 2. The van der Waals surface area contributed by atoms with Gasteiger partial charge in [-0.25, -0.2) is 4.79 Å². The predicted octanol–water partition coefficient (Wildman–Crippen LogP) is 1.14. The molecule has 1 saturated heterocycles. The summed E-state index contributed by atoms with van der Waals surface area (Å²) < 4.78 is 10.4. The van der Waals surface area contributed by atoms with Gasteiger partial charge in [-0.05, 0) is 37.1 Å². The third kappa shape index (κ3) is 2.97. The first-order chi connectivity index (χ1) is 11.5. The van der Waals surface area contributed by atoms with Crippen molar-refractivity contribution < 1.29 is 18.7 Å². The van der Waals surface area contributed by atoms with Gasteiger partial charge in [0.1, 0.15) is 16.9 Å². The second-order valence-corrected chi connectivity index (χ2v) is 5.82. The van der Waals surface area contributed by atoms with E-state index in [9.17, 15) is 14.4 Å². The Hall–Kier alpha value is -2.83.